The molecule has 0 aromatic carbocycles. The van der Waals surface area contributed by atoms with Gasteiger partial charge in [-0.3, -0.25) is 0 Å². The summed E-state index contributed by atoms with van der Waals surface area (Å²) in [6, 6.07) is 1.95. The van der Waals surface area contributed by atoms with Crippen LogP contribution in [0.1, 0.15) is 5.56 Å². The summed E-state index contributed by atoms with van der Waals surface area (Å²) in [6.45, 7) is 0. The molecule has 0 N–H and O–H groups in total. The third-order valence-electron chi connectivity index (χ3n) is 1.33. The predicted molar refractivity (Wildman–Crippen MR) is 49.4 cm³/mol. The van der Waals surface area contributed by atoms with Gasteiger partial charge in [-0.2, -0.15) is 11.3 Å². The second-order valence-corrected chi connectivity index (χ2v) is 3.90. The zero-order valence-corrected chi connectivity index (χ0v) is 7.65. The van der Waals surface area contributed by atoms with Crippen molar-refractivity contribution < 1.29 is 9.63 Å². The fourth-order valence-corrected chi connectivity index (χ4v) is 2.20. The smallest absolute Gasteiger partial charge is 0.316 e. The monoisotopic (exact) mass is 199 g/mol. The number of hydrogen-bond donors (Lipinski definition) is 0. The highest BCUT2D eigenvalue weighted by Crippen LogP contribution is 2.19. The van der Waals surface area contributed by atoms with Crippen LogP contribution in [0.4, 0.5) is 0 Å². The minimum Gasteiger partial charge on any atom is -0.316 e. The minimum absolute atomic E-state index is 0.279. The van der Waals surface area contributed by atoms with Gasteiger partial charge in [-0.1, -0.05) is 16.9 Å². The average Bonchev–Trinajstić information content (AvgIpc) is 2.58. The van der Waals surface area contributed by atoms with Crippen LogP contribution in [0.25, 0.3) is 0 Å². The molecule has 0 bridgehead atoms. The van der Waals surface area contributed by atoms with Crippen LogP contribution >= 0.6 is 23.1 Å². The third-order valence-corrected chi connectivity index (χ3v) is 2.97. The second-order valence-electron chi connectivity index (χ2n) is 2.16. The van der Waals surface area contributed by atoms with Crippen LogP contribution in [-0.2, 0) is 9.63 Å². The van der Waals surface area contributed by atoms with E-state index in [0.717, 1.165) is 10.6 Å². The molecule has 0 radical (unpaired) electrons. The average molecular weight is 199 g/mol. The third kappa shape index (κ3) is 1.51. The van der Waals surface area contributed by atoms with E-state index in [-0.39, 0.29) is 5.97 Å². The molecule has 2 heterocycles. The van der Waals surface area contributed by atoms with Crippen molar-refractivity contribution >= 4 is 34.1 Å². The highest BCUT2D eigenvalue weighted by Gasteiger charge is 2.15. The molecule has 62 valence electrons. The van der Waals surface area contributed by atoms with Gasteiger partial charge in [0.25, 0.3) is 0 Å². The number of carbonyl (C=O) groups is 1. The van der Waals surface area contributed by atoms with E-state index in [1.807, 2.05) is 16.8 Å². The van der Waals surface area contributed by atoms with Gasteiger partial charge in [0.15, 0.2) is 0 Å². The lowest BCUT2D eigenvalue weighted by Gasteiger charge is -2.07. The molecule has 2 rings (SSSR count). The summed E-state index contributed by atoms with van der Waals surface area (Å²) in [5.41, 5.74) is 1.03. The molecular formula is C7H5NO2S2. The second kappa shape index (κ2) is 3.28. The summed E-state index contributed by atoms with van der Waals surface area (Å²) >= 11 is 3.01. The molecule has 1 aliphatic heterocycles. The van der Waals surface area contributed by atoms with E-state index in [1.165, 1.54) is 11.8 Å². The molecular weight excluding hydrogens is 194 g/mol. The van der Waals surface area contributed by atoms with Gasteiger partial charge in [0.1, 0.15) is 10.8 Å². The quantitative estimate of drug-likeness (QED) is 0.646. The first kappa shape index (κ1) is 7.82. The van der Waals surface area contributed by atoms with Gasteiger partial charge in [0.2, 0.25) is 0 Å². The van der Waals surface area contributed by atoms with E-state index in [2.05, 4.69) is 9.99 Å². The number of rotatable bonds is 1. The molecule has 1 aromatic heterocycles. The van der Waals surface area contributed by atoms with E-state index < -0.39 is 0 Å². The first-order valence-corrected chi connectivity index (χ1v) is 5.22. The number of thiophene rings is 1. The molecule has 0 unspecified atom stereocenters. The topological polar surface area (TPSA) is 38.7 Å². The fourth-order valence-electron chi connectivity index (χ4n) is 0.795. The van der Waals surface area contributed by atoms with E-state index in [9.17, 15) is 4.79 Å². The molecule has 0 fully saturated rings. The van der Waals surface area contributed by atoms with Crippen molar-refractivity contribution in [2.24, 2.45) is 5.16 Å². The van der Waals surface area contributed by atoms with Gasteiger partial charge in [-0.15, -0.1) is 0 Å². The first-order chi connectivity index (χ1) is 5.86. The Balaban J connectivity index is 2.21. The molecule has 1 aliphatic rings. The van der Waals surface area contributed by atoms with Crippen molar-refractivity contribution in [2.75, 3.05) is 5.75 Å². The van der Waals surface area contributed by atoms with Gasteiger partial charge < -0.3 is 4.84 Å². The predicted octanol–water partition coefficient (Wildman–Crippen LogP) is 1.70. The molecule has 12 heavy (non-hydrogen) atoms. The zero-order valence-electron chi connectivity index (χ0n) is 6.02. The molecule has 1 aromatic rings. The Bertz CT molecular complexity index is 318. The Morgan fingerprint density at radius 2 is 2.50 bits per heavy atom. The summed E-state index contributed by atoms with van der Waals surface area (Å²) in [6.07, 6.45) is 0. The highest BCUT2D eigenvalue weighted by atomic mass is 32.2. The van der Waals surface area contributed by atoms with Crippen molar-refractivity contribution in [1.29, 1.82) is 0 Å². The number of thioether (sulfide) groups is 1. The molecule has 5 heteroatoms. The molecule has 0 spiro atoms. The van der Waals surface area contributed by atoms with Gasteiger partial charge in [0.05, 0.1) is 0 Å². The molecule has 0 aliphatic carbocycles. The Hall–Kier alpha value is -0.810. The lowest BCUT2D eigenvalue weighted by atomic mass is 10.4. The maximum absolute atomic E-state index is 10.6. The fraction of sp³-hybridized carbons (Fsp3) is 0.143. The number of hydrogen-bond acceptors (Lipinski definition) is 5. The maximum Gasteiger partial charge on any atom is 0.345 e. The molecule has 0 amide bonds. The van der Waals surface area contributed by atoms with E-state index >= 15 is 0 Å². The van der Waals surface area contributed by atoms with Gasteiger partial charge in [-0.25, -0.2) is 4.79 Å². The highest BCUT2D eigenvalue weighted by molar-refractivity contribution is 8.15. The Kier molecular flexibility index (Phi) is 2.14. The lowest BCUT2D eigenvalue weighted by Crippen LogP contribution is -2.13. The standard InChI is InChI=1S/C7H5NO2S2/c9-6-4-12-7(8-10-6)5-1-2-11-3-5/h1-3H,4H2. The first-order valence-electron chi connectivity index (χ1n) is 3.29. The number of carbonyl (C=O) groups excluding carboxylic acids is 1. The summed E-state index contributed by atoms with van der Waals surface area (Å²) in [4.78, 5) is 15.2. The Morgan fingerprint density at radius 1 is 1.58 bits per heavy atom. The van der Waals surface area contributed by atoms with Crippen LogP contribution < -0.4 is 0 Å². The Morgan fingerprint density at radius 3 is 3.08 bits per heavy atom. The van der Waals surface area contributed by atoms with Crippen LogP contribution in [0.3, 0.4) is 0 Å². The van der Waals surface area contributed by atoms with Crippen LogP contribution in [-0.4, -0.2) is 16.8 Å². The van der Waals surface area contributed by atoms with Crippen LogP contribution in [0.5, 0.6) is 0 Å². The Labute approximate surface area is 77.4 Å². The molecule has 0 saturated heterocycles. The van der Waals surface area contributed by atoms with E-state index in [0.29, 0.717) is 5.75 Å². The maximum atomic E-state index is 10.6. The molecule has 0 saturated carbocycles. The van der Waals surface area contributed by atoms with Crippen molar-refractivity contribution in [3.63, 3.8) is 0 Å². The molecule has 3 nitrogen and oxygen atoms in total. The lowest BCUT2D eigenvalue weighted by molar-refractivity contribution is -0.140. The van der Waals surface area contributed by atoms with Crippen LogP contribution in [0.2, 0.25) is 0 Å². The summed E-state index contributed by atoms with van der Waals surface area (Å²) in [5, 5.41) is 8.42. The largest absolute Gasteiger partial charge is 0.345 e. The van der Waals surface area contributed by atoms with Crippen molar-refractivity contribution in [3.8, 4) is 0 Å². The van der Waals surface area contributed by atoms with E-state index in [4.69, 9.17) is 0 Å². The van der Waals surface area contributed by atoms with Crippen molar-refractivity contribution in [3.05, 3.63) is 22.4 Å². The summed E-state index contributed by atoms with van der Waals surface area (Å²) in [5.74, 6) is 0.0771. The van der Waals surface area contributed by atoms with Crippen LogP contribution in [0.15, 0.2) is 22.0 Å². The summed E-state index contributed by atoms with van der Waals surface area (Å²) in [7, 11) is 0. The number of oxime groups is 1. The normalized spacial score (nSPS) is 17.0. The number of nitrogens with zero attached hydrogens (tertiary/aromatic N) is 1. The zero-order chi connectivity index (χ0) is 8.39. The minimum atomic E-state index is -0.279. The van der Waals surface area contributed by atoms with E-state index in [1.54, 1.807) is 11.3 Å². The van der Waals surface area contributed by atoms with Gasteiger partial charge in [0, 0.05) is 10.9 Å². The van der Waals surface area contributed by atoms with Crippen LogP contribution in [0, 0.1) is 0 Å². The van der Waals surface area contributed by atoms with Gasteiger partial charge in [-0.05, 0) is 11.4 Å². The SMILES string of the molecule is O=C1CSC(c2ccsc2)=NO1. The van der Waals surface area contributed by atoms with Crippen molar-refractivity contribution in [1.82, 2.24) is 0 Å². The van der Waals surface area contributed by atoms with Crippen molar-refractivity contribution in [2.45, 2.75) is 0 Å². The molecule has 0 atom stereocenters. The van der Waals surface area contributed by atoms with Gasteiger partial charge >= 0.3 is 5.97 Å². The summed E-state index contributed by atoms with van der Waals surface area (Å²) < 4.78 is 0.